The van der Waals surface area contributed by atoms with E-state index < -0.39 is 0 Å². The van der Waals surface area contributed by atoms with Crippen molar-refractivity contribution in [2.75, 3.05) is 6.61 Å². The molecule has 0 aromatic carbocycles. The minimum absolute atomic E-state index is 0.207. The van der Waals surface area contributed by atoms with Crippen LogP contribution in [0.25, 0.3) is 0 Å². The number of rotatable bonds is 1. The second-order valence-corrected chi connectivity index (χ2v) is 2.59. The molecule has 52 valence electrons. The zero-order chi connectivity index (χ0) is 6.97. The molecule has 0 aliphatic carbocycles. The van der Waals surface area contributed by atoms with Gasteiger partial charge in [-0.15, -0.1) is 0 Å². The first-order valence-corrected chi connectivity index (χ1v) is 3.48. The first-order valence-electron chi connectivity index (χ1n) is 3.10. The molecule has 0 saturated carbocycles. The lowest BCUT2D eigenvalue weighted by Gasteiger charge is -1.92. The summed E-state index contributed by atoms with van der Waals surface area (Å²) < 4.78 is 5.03. The van der Waals surface area contributed by atoms with E-state index in [2.05, 4.69) is 4.98 Å². The monoisotopic (exact) mass is 155 g/mol. The van der Waals surface area contributed by atoms with Crippen LogP contribution in [0.1, 0.15) is 11.8 Å². The number of hydrogen-bond donors (Lipinski definition) is 0. The minimum atomic E-state index is 0.207. The highest BCUT2D eigenvalue weighted by molar-refractivity contribution is 6.29. The maximum atomic E-state index is 5.65. The quantitative estimate of drug-likeness (QED) is 0.457. The van der Waals surface area contributed by atoms with Crippen molar-refractivity contribution in [3.8, 4) is 0 Å². The topological polar surface area (TPSA) is 25.4 Å². The third kappa shape index (κ3) is 1.13. The molecule has 2 nitrogen and oxygen atoms in total. The second-order valence-electron chi connectivity index (χ2n) is 2.21. The average Bonchev–Trinajstić information content (AvgIpc) is 2.68. The van der Waals surface area contributed by atoms with Gasteiger partial charge in [0.05, 0.1) is 12.3 Å². The van der Waals surface area contributed by atoms with Gasteiger partial charge in [-0.25, -0.2) is 4.98 Å². The Morgan fingerprint density at radius 3 is 3.00 bits per heavy atom. The predicted molar refractivity (Wildman–Crippen MR) is 37.9 cm³/mol. The van der Waals surface area contributed by atoms with E-state index in [1.807, 2.05) is 12.1 Å². The van der Waals surface area contributed by atoms with Gasteiger partial charge in [0.25, 0.3) is 0 Å². The standard InChI is InChI=1S/C7H6ClNO/c8-7-3-1-2-5(9-7)6-4-10-6/h1-3,6H,4H2/t6-/m1/s1. The molecule has 1 aliphatic heterocycles. The Hall–Kier alpha value is -0.600. The van der Waals surface area contributed by atoms with Crippen molar-refractivity contribution in [3.63, 3.8) is 0 Å². The van der Waals surface area contributed by atoms with Gasteiger partial charge in [0.15, 0.2) is 0 Å². The Bertz CT molecular complexity index is 247. The van der Waals surface area contributed by atoms with Gasteiger partial charge < -0.3 is 4.74 Å². The Balaban J connectivity index is 2.32. The summed E-state index contributed by atoms with van der Waals surface area (Å²) in [6.45, 7) is 0.785. The van der Waals surface area contributed by atoms with Crippen LogP contribution >= 0.6 is 11.6 Å². The van der Waals surface area contributed by atoms with Crippen molar-refractivity contribution >= 4 is 11.6 Å². The van der Waals surface area contributed by atoms with E-state index in [1.165, 1.54) is 0 Å². The van der Waals surface area contributed by atoms with Gasteiger partial charge in [0.1, 0.15) is 11.3 Å². The molecule has 2 heterocycles. The molecule has 0 radical (unpaired) electrons. The van der Waals surface area contributed by atoms with Gasteiger partial charge in [-0.3, -0.25) is 0 Å². The van der Waals surface area contributed by atoms with E-state index in [0.29, 0.717) is 5.15 Å². The van der Waals surface area contributed by atoms with Crippen LogP contribution in [0.5, 0.6) is 0 Å². The number of nitrogens with zero attached hydrogens (tertiary/aromatic N) is 1. The molecular formula is C7H6ClNO. The minimum Gasteiger partial charge on any atom is -0.366 e. The number of pyridine rings is 1. The SMILES string of the molecule is Clc1cccc([C@H]2CO2)n1. The highest BCUT2D eigenvalue weighted by atomic mass is 35.5. The van der Waals surface area contributed by atoms with E-state index in [0.717, 1.165) is 12.3 Å². The van der Waals surface area contributed by atoms with Gasteiger partial charge in [0.2, 0.25) is 0 Å². The van der Waals surface area contributed by atoms with Crippen LogP contribution in [0.15, 0.2) is 18.2 Å². The molecule has 0 N–H and O–H groups in total. The molecule has 1 aromatic rings. The molecule has 0 unspecified atom stereocenters. The van der Waals surface area contributed by atoms with Gasteiger partial charge in [0, 0.05) is 0 Å². The summed E-state index contributed by atoms with van der Waals surface area (Å²) in [5, 5.41) is 0.535. The zero-order valence-electron chi connectivity index (χ0n) is 5.25. The lowest BCUT2D eigenvalue weighted by Crippen LogP contribution is -1.85. The molecule has 0 bridgehead atoms. The lowest BCUT2D eigenvalue weighted by atomic mass is 10.3. The number of ether oxygens (including phenoxy) is 1. The Morgan fingerprint density at radius 2 is 2.40 bits per heavy atom. The smallest absolute Gasteiger partial charge is 0.129 e. The molecular weight excluding hydrogens is 150 g/mol. The largest absolute Gasteiger partial charge is 0.366 e. The Labute approximate surface area is 63.8 Å². The first kappa shape index (κ1) is 6.13. The summed E-state index contributed by atoms with van der Waals surface area (Å²) in [5.74, 6) is 0. The Morgan fingerprint density at radius 1 is 1.60 bits per heavy atom. The van der Waals surface area contributed by atoms with Crippen LogP contribution in [0.2, 0.25) is 5.15 Å². The molecule has 0 spiro atoms. The van der Waals surface area contributed by atoms with Gasteiger partial charge >= 0.3 is 0 Å². The van der Waals surface area contributed by atoms with Gasteiger partial charge in [-0.1, -0.05) is 17.7 Å². The van der Waals surface area contributed by atoms with Crippen molar-refractivity contribution in [1.29, 1.82) is 0 Å². The van der Waals surface area contributed by atoms with Crippen LogP contribution in [-0.4, -0.2) is 11.6 Å². The summed E-state index contributed by atoms with van der Waals surface area (Å²) in [5.41, 5.74) is 0.938. The second kappa shape index (κ2) is 2.22. The van der Waals surface area contributed by atoms with Crippen molar-refractivity contribution < 1.29 is 4.74 Å². The van der Waals surface area contributed by atoms with E-state index in [4.69, 9.17) is 16.3 Å². The zero-order valence-corrected chi connectivity index (χ0v) is 6.01. The van der Waals surface area contributed by atoms with Crippen LogP contribution in [0.3, 0.4) is 0 Å². The summed E-state index contributed by atoms with van der Waals surface area (Å²) in [6.07, 6.45) is 0.207. The third-order valence-electron chi connectivity index (χ3n) is 1.40. The maximum Gasteiger partial charge on any atom is 0.129 e. The number of hydrogen-bond acceptors (Lipinski definition) is 2. The number of epoxide rings is 1. The van der Waals surface area contributed by atoms with E-state index in [1.54, 1.807) is 6.07 Å². The van der Waals surface area contributed by atoms with Crippen LogP contribution in [0, 0.1) is 0 Å². The van der Waals surface area contributed by atoms with E-state index in [9.17, 15) is 0 Å². The Kier molecular flexibility index (Phi) is 1.36. The van der Waals surface area contributed by atoms with Gasteiger partial charge in [-0.05, 0) is 12.1 Å². The number of aromatic nitrogens is 1. The fourth-order valence-electron chi connectivity index (χ4n) is 0.822. The lowest BCUT2D eigenvalue weighted by molar-refractivity contribution is 0.411. The average molecular weight is 156 g/mol. The molecule has 0 amide bonds. The fourth-order valence-corrected chi connectivity index (χ4v) is 0.992. The van der Waals surface area contributed by atoms with Crippen LogP contribution in [-0.2, 0) is 4.74 Å². The van der Waals surface area contributed by atoms with Crippen LogP contribution in [0.4, 0.5) is 0 Å². The fraction of sp³-hybridized carbons (Fsp3) is 0.286. The molecule has 1 aliphatic rings. The summed E-state index contributed by atoms with van der Waals surface area (Å²) in [4.78, 5) is 4.08. The van der Waals surface area contributed by atoms with Gasteiger partial charge in [-0.2, -0.15) is 0 Å². The third-order valence-corrected chi connectivity index (χ3v) is 1.61. The van der Waals surface area contributed by atoms with Crippen molar-refractivity contribution in [1.82, 2.24) is 4.98 Å². The van der Waals surface area contributed by atoms with Crippen molar-refractivity contribution in [2.24, 2.45) is 0 Å². The van der Waals surface area contributed by atoms with Crippen molar-refractivity contribution in [3.05, 3.63) is 29.0 Å². The van der Waals surface area contributed by atoms with Crippen LogP contribution < -0.4 is 0 Å². The number of halogens is 1. The normalized spacial score (nSPS) is 22.7. The van der Waals surface area contributed by atoms with E-state index in [-0.39, 0.29) is 6.10 Å². The summed E-state index contributed by atoms with van der Waals surface area (Å²) in [7, 11) is 0. The van der Waals surface area contributed by atoms with Crippen molar-refractivity contribution in [2.45, 2.75) is 6.10 Å². The first-order chi connectivity index (χ1) is 4.86. The molecule has 3 heteroatoms. The molecule has 2 rings (SSSR count). The molecule has 1 aromatic heterocycles. The summed E-state index contributed by atoms with van der Waals surface area (Å²) >= 11 is 5.65. The molecule has 1 saturated heterocycles. The summed E-state index contributed by atoms with van der Waals surface area (Å²) in [6, 6.07) is 5.56. The molecule has 1 atom stereocenters. The molecule has 10 heavy (non-hydrogen) atoms. The maximum absolute atomic E-state index is 5.65. The predicted octanol–water partition coefficient (Wildman–Crippen LogP) is 1.81. The molecule has 1 fully saturated rings. The highest BCUT2D eigenvalue weighted by Gasteiger charge is 2.25. The highest BCUT2D eigenvalue weighted by Crippen LogP contribution is 2.28. The van der Waals surface area contributed by atoms with E-state index >= 15 is 0 Å².